The minimum atomic E-state index is -4.63. The third-order valence-corrected chi connectivity index (χ3v) is 6.58. The van der Waals surface area contributed by atoms with Gasteiger partial charge in [0.05, 0.1) is 31.0 Å². The summed E-state index contributed by atoms with van der Waals surface area (Å²) < 4.78 is 49.6. The first-order valence-electron chi connectivity index (χ1n) is 12.3. The van der Waals surface area contributed by atoms with Crippen LogP contribution in [0.3, 0.4) is 0 Å². The highest BCUT2D eigenvalue weighted by molar-refractivity contribution is 5.76. The van der Waals surface area contributed by atoms with E-state index >= 15 is 0 Å². The Labute approximate surface area is 209 Å². The van der Waals surface area contributed by atoms with Gasteiger partial charge in [0.2, 0.25) is 11.8 Å². The molecule has 11 heteroatoms. The Kier molecular flexibility index (Phi) is 9.21. The lowest BCUT2D eigenvalue weighted by molar-refractivity contribution is -0.144. The summed E-state index contributed by atoms with van der Waals surface area (Å²) in [5.74, 6) is -1.47. The van der Waals surface area contributed by atoms with Crippen LogP contribution in [-0.4, -0.2) is 54.1 Å². The second-order valence-electron chi connectivity index (χ2n) is 9.80. The van der Waals surface area contributed by atoms with Crippen molar-refractivity contribution in [3.05, 3.63) is 29.6 Å². The number of hydrogen-bond acceptors (Lipinski definition) is 7. The summed E-state index contributed by atoms with van der Waals surface area (Å²) in [5.41, 5.74) is 2.30. The van der Waals surface area contributed by atoms with Crippen molar-refractivity contribution in [3.8, 4) is 0 Å². The molecular formula is C25H36F3N5O3. The SMILES string of the molecule is COC(=O)CC(C)c1ccc(N(CC(C)C)C2CCC(OC)CC2)c(Nc2n[nH]c(C(F)(F)F)n2)c1. The molecule has 3 rings (SSSR count). The van der Waals surface area contributed by atoms with Crippen LogP contribution < -0.4 is 10.2 Å². The maximum absolute atomic E-state index is 13.1. The van der Waals surface area contributed by atoms with Crippen LogP contribution in [0, 0.1) is 5.92 Å². The Morgan fingerprint density at radius 1 is 1.19 bits per heavy atom. The minimum absolute atomic E-state index is 0.152. The van der Waals surface area contributed by atoms with E-state index in [9.17, 15) is 18.0 Å². The van der Waals surface area contributed by atoms with Crippen molar-refractivity contribution in [1.29, 1.82) is 0 Å². The summed E-state index contributed by atoms with van der Waals surface area (Å²) in [6.07, 6.45) is -0.407. The summed E-state index contributed by atoms with van der Waals surface area (Å²) in [6.45, 7) is 6.95. The molecule has 2 N–H and O–H groups in total. The summed E-state index contributed by atoms with van der Waals surface area (Å²) in [7, 11) is 3.08. The van der Waals surface area contributed by atoms with Gasteiger partial charge >= 0.3 is 12.1 Å². The number of benzene rings is 1. The number of H-pyrrole nitrogens is 1. The molecule has 1 atom stereocenters. The monoisotopic (exact) mass is 511 g/mol. The zero-order valence-corrected chi connectivity index (χ0v) is 21.5. The summed E-state index contributed by atoms with van der Waals surface area (Å²) in [4.78, 5) is 17.8. The van der Waals surface area contributed by atoms with Crippen molar-refractivity contribution in [3.63, 3.8) is 0 Å². The molecule has 1 aromatic carbocycles. The number of carbonyl (C=O) groups is 1. The Hall–Kier alpha value is -2.82. The number of halogens is 3. The normalized spacial score (nSPS) is 19.2. The van der Waals surface area contributed by atoms with Gasteiger partial charge in [-0.1, -0.05) is 26.8 Å². The van der Waals surface area contributed by atoms with E-state index in [2.05, 4.69) is 34.1 Å². The number of anilines is 3. The maximum atomic E-state index is 13.1. The molecule has 0 amide bonds. The fraction of sp³-hybridized carbons (Fsp3) is 0.640. The third kappa shape index (κ3) is 7.11. The molecule has 1 heterocycles. The van der Waals surface area contributed by atoms with Crippen LogP contribution in [0.2, 0.25) is 0 Å². The highest BCUT2D eigenvalue weighted by Crippen LogP contribution is 2.37. The Morgan fingerprint density at radius 2 is 1.89 bits per heavy atom. The van der Waals surface area contributed by atoms with Gasteiger partial charge in [0.25, 0.3) is 0 Å². The van der Waals surface area contributed by atoms with Gasteiger partial charge in [-0.05, 0) is 55.2 Å². The lowest BCUT2D eigenvalue weighted by atomic mass is 9.90. The molecule has 1 unspecified atom stereocenters. The van der Waals surface area contributed by atoms with Gasteiger partial charge in [0.15, 0.2) is 0 Å². The van der Waals surface area contributed by atoms with Crippen LogP contribution >= 0.6 is 0 Å². The molecule has 200 valence electrons. The second-order valence-corrected chi connectivity index (χ2v) is 9.80. The molecule has 1 aliphatic carbocycles. The fourth-order valence-corrected chi connectivity index (χ4v) is 4.66. The predicted octanol–water partition coefficient (Wildman–Crippen LogP) is 5.65. The average Bonchev–Trinajstić information content (AvgIpc) is 3.32. The lowest BCUT2D eigenvalue weighted by Crippen LogP contribution is -2.41. The molecule has 0 saturated heterocycles. The number of aromatic nitrogens is 3. The quantitative estimate of drug-likeness (QED) is 0.398. The zero-order chi connectivity index (χ0) is 26.5. The molecule has 0 spiro atoms. The van der Waals surface area contributed by atoms with Crippen molar-refractivity contribution in [2.45, 2.75) is 77.1 Å². The van der Waals surface area contributed by atoms with E-state index in [1.165, 1.54) is 7.11 Å². The van der Waals surface area contributed by atoms with Crippen LogP contribution in [0.5, 0.6) is 0 Å². The molecule has 1 aliphatic rings. The first-order chi connectivity index (χ1) is 17.0. The summed E-state index contributed by atoms with van der Waals surface area (Å²) in [6, 6.07) is 6.05. The molecule has 1 saturated carbocycles. The van der Waals surface area contributed by atoms with Gasteiger partial charge in [-0.25, -0.2) is 0 Å². The Bertz CT molecular complexity index is 1000. The number of nitrogens with zero attached hydrogens (tertiary/aromatic N) is 3. The van der Waals surface area contributed by atoms with Gasteiger partial charge in [0, 0.05) is 19.7 Å². The Balaban J connectivity index is 1.99. The van der Waals surface area contributed by atoms with E-state index in [0.717, 1.165) is 43.5 Å². The fourth-order valence-electron chi connectivity index (χ4n) is 4.66. The highest BCUT2D eigenvalue weighted by atomic mass is 19.4. The molecular weight excluding hydrogens is 475 g/mol. The van der Waals surface area contributed by atoms with Crippen LogP contribution in [0.15, 0.2) is 18.2 Å². The number of esters is 1. The van der Waals surface area contributed by atoms with E-state index in [4.69, 9.17) is 9.47 Å². The van der Waals surface area contributed by atoms with Crippen molar-refractivity contribution < 1.29 is 27.4 Å². The number of methoxy groups -OCH3 is 2. The molecule has 1 aromatic heterocycles. The molecule has 0 aliphatic heterocycles. The van der Waals surface area contributed by atoms with Crippen molar-refractivity contribution >= 4 is 23.3 Å². The van der Waals surface area contributed by atoms with E-state index in [0.29, 0.717) is 11.6 Å². The predicted molar refractivity (Wildman–Crippen MR) is 131 cm³/mol. The van der Waals surface area contributed by atoms with Gasteiger partial charge in [-0.2, -0.15) is 18.2 Å². The van der Waals surface area contributed by atoms with Crippen LogP contribution in [0.4, 0.5) is 30.5 Å². The topological polar surface area (TPSA) is 92.4 Å². The van der Waals surface area contributed by atoms with Crippen molar-refractivity contribution in [2.75, 3.05) is 31.0 Å². The van der Waals surface area contributed by atoms with E-state index in [-0.39, 0.29) is 36.4 Å². The first kappa shape index (κ1) is 27.8. The van der Waals surface area contributed by atoms with Gasteiger partial charge in [-0.3, -0.25) is 9.89 Å². The minimum Gasteiger partial charge on any atom is -0.469 e. The largest absolute Gasteiger partial charge is 0.469 e. The number of carbonyl (C=O) groups excluding carboxylic acids is 1. The number of alkyl halides is 3. The second kappa shape index (κ2) is 11.9. The number of nitrogens with one attached hydrogen (secondary N) is 2. The van der Waals surface area contributed by atoms with Gasteiger partial charge < -0.3 is 19.7 Å². The van der Waals surface area contributed by atoms with E-state index < -0.39 is 12.0 Å². The number of ether oxygens (including phenoxy) is 2. The molecule has 2 aromatic rings. The number of aromatic amines is 1. The first-order valence-corrected chi connectivity index (χ1v) is 12.3. The third-order valence-electron chi connectivity index (χ3n) is 6.58. The average molecular weight is 512 g/mol. The summed E-state index contributed by atoms with van der Waals surface area (Å²) >= 11 is 0. The smallest absolute Gasteiger partial charge is 0.451 e. The molecule has 1 fully saturated rings. The van der Waals surface area contributed by atoms with E-state index in [1.807, 2.05) is 30.2 Å². The molecule has 0 radical (unpaired) electrons. The van der Waals surface area contributed by atoms with Gasteiger partial charge in [-0.15, -0.1) is 5.10 Å². The van der Waals surface area contributed by atoms with Crippen LogP contribution in [-0.2, 0) is 20.4 Å². The van der Waals surface area contributed by atoms with E-state index in [1.54, 1.807) is 7.11 Å². The lowest BCUT2D eigenvalue weighted by Gasteiger charge is -2.40. The highest BCUT2D eigenvalue weighted by Gasteiger charge is 2.35. The maximum Gasteiger partial charge on any atom is 0.451 e. The standard InChI is InChI=1S/C25H36F3N5O3/c1-15(2)14-33(18-7-9-19(35-4)10-8-18)21-11-6-17(16(3)12-22(34)36-5)13-20(21)29-24-30-23(31-32-24)25(26,27)28/h6,11,13,15-16,18-19H,7-10,12,14H2,1-5H3,(H2,29,30,31,32). The molecule has 0 bridgehead atoms. The number of hydrogen-bond donors (Lipinski definition) is 2. The molecule has 36 heavy (non-hydrogen) atoms. The Morgan fingerprint density at radius 3 is 2.44 bits per heavy atom. The van der Waals surface area contributed by atoms with Crippen molar-refractivity contribution in [2.24, 2.45) is 5.92 Å². The number of rotatable bonds is 10. The molecule has 8 nitrogen and oxygen atoms in total. The van der Waals surface area contributed by atoms with Crippen LogP contribution in [0.25, 0.3) is 0 Å². The van der Waals surface area contributed by atoms with Crippen LogP contribution in [0.1, 0.15) is 70.2 Å². The summed E-state index contributed by atoms with van der Waals surface area (Å²) in [5, 5.41) is 8.69. The van der Waals surface area contributed by atoms with Crippen molar-refractivity contribution in [1.82, 2.24) is 15.2 Å². The van der Waals surface area contributed by atoms with Gasteiger partial charge in [0.1, 0.15) is 0 Å². The zero-order valence-electron chi connectivity index (χ0n) is 21.5.